The average Bonchev–Trinajstić information content (AvgIpc) is 2.51. The van der Waals surface area contributed by atoms with Crippen LogP contribution in [0.15, 0.2) is 24.3 Å². The summed E-state index contributed by atoms with van der Waals surface area (Å²) in [5.41, 5.74) is 2.16. The molecule has 0 heterocycles. The van der Waals surface area contributed by atoms with Crippen LogP contribution < -0.4 is 4.72 Å². The molecule has 1 atom stereocenters. The number of ether oxygens (including phenoxy) is 2. The molecule has 0 fully saturated rings. The lowest BCUT2D eigenvalue weighted by molar-refractivity contribution is -0.0298. The Morgan fingerprint density at radius 3 is 2.70 bits per heavy atom. The Hall–Kier alpha value is -0.950. The van der Waals surface area contributed by atoms with E-state index in [0.29, 0.717) is 13.0 Å². The van der Waals surface area contributed by atoms with Gasteiger partial charge < -0.3 is 9.47 Å². The molecule has 132 valence electrons. The summed E-state index contributed by atoms with van der Waals surface area (Å²) in [6.45, 7) is 4.69. The third kappa shape index (κ3) is 8.46. The molecule has 0 radical (unpaired) electrons. The van der Waals surface area contributed by atoms with Crippen LogP contribution in [0.1, 0.15) is 49.8 Å². The van der Waals surface area contributed by atoms with Gasteiger partial charge in [-0.05, 0) is 25.3 Å². The molecular weight excluding hydrogens is 314 g/mol. The van der Waals surface area contributed by atoms with Crippen LogP contribution in [-0.2, 0) is 19.5 Å². The Balaban J connectivity index is 2.64. The smallest absolute Gasteiger partial charge is 0.212 e. The summed E-state index contributed by atoms with van der Waals surface area (Å²) in [7, 11) is -1.79. The van der Waals surface area contributed by atoms with Crippen molar-refractivity contribution in [1.29, 1.82) is 0 Å². The summed E-state index contributed by atoms with van der Waals surface area (Å²) >= 11 is 0. The van der Waals surface area contributed by atoms with Crippen LogP contribution in [0.3, 0.4) is 0 Å². The largest absolute Gasteiger partial charge is 0.359 e. The van der Waals surface area contributed by atoms with Crippen molar-refractivity contribution in [3.05, 3.63) is 35.4 Å². The number of aryl methyl sites for hydroxylation is 1. The van der Waals surface area contributed by atoms with Crippen molar-refractivity contribution in [3.63, 3.8) is 0 Å². The fourth-order valence-corrected chi connectivity index (χ4v) is 3.66. The van der Waals surface area contributed by atoms with Crippen LogP contribution in [0.2, 0.25) is 0 Å². The highest BCUT2D eigenvalue weighted by molar-refractivity contribution is 7.89. The van der Waals surface area contributed by atoms with Crippen LogP contribution in [0.5, 0.6) is 0 Å². The Kier molecular flexibility index (Phi) is 9.40. The van der Waals surface area contributed by atoms with Gasteiger partial charge in [-0.2, -0.15) is 0 Å². The first-order valence-electron chi connectivity index (χ1n) is 8.11. The van der Waals surface area contributed by atoms with E-state index in [1.165, 1.54) is 0 Å². The highest BCUT2D eigenvalue weighted by atomic mass is 32.2. The monoisotopic (exact) mass is 343 g/mol. The molecule has 1 rings (SSSR count). The minimum absolute atomic E-state index is 0.0607. The number of nitrogens with one attached hydrogen (secondary N) is 1. The number of benzene rings is 1. The minimum Gasteiger partial charge on any atom is -0.359 e. The number of hydrogen-bond donors (Lipinski definition) is 1. The molecular formula is C17H29NO4S. The van der Waals surface area contributed by atoms with Crippen LogP contribution >= 0.6 is 0 Å². The van der Waals surface area contributed by atoms with Gasteiger partial charge in [0, 0.05) is 13.2 Å². The first kappa shape index (κ1) is 20.1. The van der Waals surface area contributed by atoms with E-state index in [4.69, 9.17) is 9.47 Å². The second-order valence-electron chi connectivity index (χ2n) is 5.71. The van der Waals surface area contributed by atoms with Crippen molar-refractivity contribution in [2.75, 3.05) is 26.3 Å². The fraction of sp³-hybridized carbons (Fsp3) is 0.647. The van der Waals surface area contributed by atoms with Crippen LogP contribution in [0, 0.1) is 6.92 Å². The maximum absolute atomic E-state index is 12.3. The lowest BCUT2D eigenvalue weighted by Gasteiger charge is -2.19. The van der Waals surface area contributed by atoms with Gasteiger partial charge in [-0.15, -0.1) is 0 Å². The van der Waals surface area contributed by atoms with E-state index in [-0.39, 0.29) is 18.6 Å². The van der Waals surface area contributed by atoms with Gasteiger partial charge in [-0.3, -0.25) is 0 Å². The second-order valence-corrected chi connectivity index (χ2v) is 7.59. The standard InChI is InChI=1S/C17H29NO4S/c1-4-5-10-17(16-9-6-8-15(2)13-16)18-23(19,20)12-7-11-22-14-21-3/h6,8-9,13,17-18H,4-5,7,10-12,14H2,1-3H3. The van der Waals surface area contributed by atoms with Gasteiger partial charge in [0.05, 0.1) is 12.4 Å². The van der Waals surface area contributed by atoms with E-state index < -0.39 is 10.0 Å². The van der Waals surface area contributed by atoms with Crippen molar-refractivity contribution < 1.29 is 17.9 Å². The zero-order chi connectivity index (χ0) is 17.1. The highest BCUT2D eigenvalue weighted by Crippen LogP contribution is 2.21. The van der Waals surface area contributed by atoms with Crippen molar-refractivity contribution in [2.45, 2.75) is 45.6 Å². The Morgan fingerprint density at radius 1 is 1.26 bits per heavy atom. The van der Waals surface area contributed by atoms with Gasteiger partial charge in [-0.25, -0.2) is 13.1 Å². The summed E-state index contributed by atoms with van der Waals surface area (Å²) in [6, 6.07) is 7.85. The average molecular weight is 343 g/mol. The second kappa shape index (κ2) is 10.8. The maximum atomic E-state index is 12.3. The van der Waals surface area contributed by atoms with E-state index in [1.54, 1.807) is 7.11 Å². The molecule has 23 heavy (non-hydrogen) atoms. The molecule has 1 aromatic carbocycles. The maximum Gasteiger partial charge on any atom is 0.212 e. The molecule has 0 aliphatic carbocycles. The molecule has 0 bridgehead atoms. The number of unbranched alkanes of at least 4 members (excludes halogenated alkanes) is 1. The lowest BCUT2D eigenvalue weighted by atomic mass is 10.0. The number of hydrogen-bond acceptors (Lipinski definition) is 4. The molecule has 0 aliphatic heterocycles. The van der Waals surface area contributed by atoms with E-state index in [1.807, 2.05) is 31.2 Å². The molecule has 0 saturated heterocycles. The highest BCUT2D eigenvalue weighted by Gasteiger charge is 2.19. The normalized spacial score (nSPS) is 13.2. The van der Waals surface area contributed by atoms with Crippen molar-refractivity contribution >= 4 is 10.0 Å². The third-order valence-corrected chi connectivity index (χ3v) is 4.99. The number of methoxy groups -OCH3 is 1. The zero-order valence-electron chi connectivity index (χ0n) is 14.4. The fourth-order valence-electron chi connectivity index (χ4n) is 2.36. The van der Waals surface area contributed by atoms with Gasteiger partial charge in [0.15, 0.2) is 0 Å². The quantitative estimate of drug-likeness (QED) is 0.468. The first-order chi connectivity index (χ1) is 11.0. The van der Waals surface area contributed by atoms with Crippen molar-refractivity contribution in [1.82, 2.24) is 4.72 Å². The molecule has 0 spiro atoms. The van der Waals surface area contributed by atoms with Gasteiger partial charge in [0.1, 0.15) is 6.79 Å². The minimum atomic E-state index is -3.33. The molecule has 0 saturated carbocycles. The lowest BCUT2D eigenvalue weighted by Crippen LogP contribution is -2.31. The van der Waals surface area contributed by atoms with Gasteiger partial charge in [0.25, 0.3) is 0 Å². The number of sulfonamides is 1. The predicted octanol–water partition coefficient (Wildman–Crippen LogP) is 3.16. The topological polar surface area (TPSA) is 64.6 Å². The third-order valence-electron chi connectivity index (χ3n) is 3.52. The Bertz CT molecular complexity index is 545. The summed E-state index contributed by atoms with van der Waals surface area (Å²) in [5, 5.41) is 0. The molecule has 6 heteroatoms. The molecule has 0 aromatic heterocycles. The van der Waals surface area contributed by atoms with Crippen molar-refractivity contribution in [2.24, 2.45) is 0 Å². The summed E-state index contributed by atoms with van der Waals surface area (Å²) < 4.78 is 37.3. The molecule has 5 nitrogen and oxygen atoms in total. The zero-order valence-corrected chi connectivity index (χ0v) is 15.2. The summed E-state index contributed by atoms with van der Waals surface area (Å²) in [5.74, 6) is 0.0607. The molecule has 0 amide bonds. The van der Waals surface area contributed by atoms with Gasteiger partial charge >= 0.3 is 0 Å². The van der Waals surface area contributed by atoms with Gasteiger partial charge in [0.2, 0.25) is 10.0 Å². The summed E-state index contributed by atoms with van der Waals surface area (Å²) in [6.07, 6.45) is 3.28. The molecule has 0 aliphatic rings. The SMILES string of the molecule is CCCCC(NS(=O)(=O)CCCOCOC)c1cccc(C)c1. The van der Waals surface area contributed by atoms with E-state index in [0.717, 1.165) is 30.4 Å². The Labute approximate surface area is 140 Å². The van der Waals surface area contributed by atoms with Crippen molar-refractivity contribution in [3.8, 4) is 0 Å². The van der Waals surface area contributed by atoms with Crippen LogP contribution in [0.4, 0.5) is 0 Å². The van der Waals surface area contributed by atoms with E-state index >= 15 is 0 Å². The molecule has 1 aromatic rings. The van der Waals surface area contributed by atoms with Crippen LogP contribution in [0.25, 0.3) is 0 Å². The molecule has 1 unspecified atom stereocenters. The van der Waals surface area contributed by atoms with E-state index in [9.17, 15) is 8.42 Å². The Morgan fingerprint density at radius 2 is 2.04 bits per heavy atom. The number of rotatable bonds is 12. The van der Waals surface area contributed by atoms with Gasteiger partial charge in [-0.1, -0.05) is 49.6 Å². The summed E-state index contributed by atoms with van der Waals surface area (Å²) in [4.78, 5) is 0. The van der Waals surface area contributed by atoms with Crippen LogP contribution in [-0.4, -0.2) is 34.7 Å². The predicted molar refractivity (Wildman–Crippen MR) is 92.8 cm³/mol. The first-order valence-corrected chi connectivity index (χ1v) is 9.77. The van der Waals surface area contributed by atoms with E-state index in [2.05, 4.69) is 11.6 Å². The molecule has 1 N–H and O–H groups in total.